The minimum Gasteiger partial charge on any atom is -0.377 e. The zero-order valence-electron chi connectivity index (χ0n) is 12.6. The topological polar surface area (TPSA) is 64.0 Å². The molecule has 1 aliphatic rings. The van der Waals surface area contributed by atoms with E-state index < -0.39 is 0 Å². The van der Waals surface area contributed by atoms with Gasteiger partial charge in [0.15, 0.2) is 0 Å². The molecule has 0 N–H and O–H groups in total. The SMILES string of the molecule is Cn1nc2cc1COCCOCCOCCOCCOC2. The zero-order valence-corrected chi connectivity index (χ0v) is 12.6. The van der Waals surface area contributed by atoms with Gasteiger partial charge in [-0.1, -0.05) is 0 Å². The second-order valence-electron chi connectivity index (χ2n) is 4.69. The highest BCUT2D eigenvalue weighted by atomic mass is 16.6. The van der Waals surface area contributed by atoms with E-state index in [2.05, 4.69) is 5.10 Å². The minimum absolute atomic E-state index is 0.483. The molecule has 0 atom stereocenters. The van der Waals surface area contributed by atoms with Crippen LogP contribution in [0.15, 0.2) is 6.07 Å². The van der Waals surface area contributed by atoms with E-state index >= 15 is 0 Å². The van der Waals surface area contributed by atoms with Crippen LogP contribution in [0.25, 0.3) is 0 Å². The Balaban J connectivity index is 1.79. The van der Waals surface area contributed by atoms with Crippen molar-refractivity contribution in [2.45, 2.75) is 13.2 Å². The molecular weight excluding hydrogens is 276 g/mol. The Kier molecular flexibility index (Phi) is 7.69. The van der Waals surface area contributed by atoms with Crippen molar-refractivity contribution in [1.82, 2.24) is 9.78 Å². The molecule has 1 aromatic heterocycles. The van der Waals surface area contributed by atoms with Gasteiger partial charge < -0.3 is 23.7 Å². The van der Waals surface area contributed by atoms with Crippen LogP contribution in [-0.4, -0.2) is 62.6 Å². The van der Waals surface area contributed by atoms with Gasteiger partial charge >= 0.3 is 0 Å². The lowest BCUT2D eigenvalue weighted by molar-refractivity contribution is -0.0144. The van der Waals surface area contributed by atoms with E-state index in [1.165, 1.54) is 0 Å². The normalized spacial score (nSPS) is 20.6. The molecule has 2 rings (SSSR count). The molecule has 7 nitrogen and oxygen atoms in total. The number of aryl methyl sites for hydroxylation is 1. The van der Waals surface area contributed by atoms with Crippen LogP contribution in [0.3, 0.4) is 0 Å². The second-order valence-corrected chi connectivity index (χ2v) is 4.69. The van der Waals surface area contributed by atoms with Crippen LogP contribution in [0.2, 0.25) is 0 Å². The van der Waals surface area contributed by atoms with E-state index in [0.717, 1.165) is 11.4 Å². The third kappa shape index (κ3) is 6.54. The van der Waals surface area contributed by atoms with E-state index in [9.17, 15) is 0 Å². The Labute approximate surface area is 125 Å². The summed E-state index contributed by atoms with van der Waals surface area (Å²) in [5, 5.41) is 4.39. The van der Waals surface area contributed by atoms with E-state index in [4.69, 9.17) is 23.7 Å². The third-order valence-electron chi connectivity index (χ3n) is 3.02. The van der Waals surface area contributed by atoms with Gasteiger partial charge in [-0.15, -0.1) is 0 Å². The molecule has 120 valence electrons. The summed E-state index contributed by atoms with van der Waals surface area (Å²) in [5.74, 6) is 0. The van der Waals surface area contributed by atoms with Gasteiger partial charge in [0.25, 0.3) is 0 Å². The standard InChI is InChI=1S/C14H24N2O5/c1-16-14-10-13(15-16)11-20-8-6-18-4-2-17-3-5-19-7-9-21-12-14/h10H,2-9,11-12H2,1H3. The smallest absolute Gasteiger partial charge is 0.0907 e. The van der Waals surface area contributed by atoms with Crippen LogP contribution >= 0.6 is 0 Å². The molecule has 0 spiro atoms. The first kappa shape index (κ1) is 16.4. The van der Waals surface area contributed by atoms with Crippen molar-refractivity contribution in [2.24, 2.45) is 7.05 Å². The fraction of sp³-hybridized carbons (Fsp3) is 0.786. The molecule has 21 heavy (non-hydrogen) atoms. The van der Waals surface area contributed by atoms with E-state index in [0.29, 0.717) is 66.1 Å². The van der Waals surface area contributed by atoms with E-state index in [-0.39, 0.29) is 0 Å². The summed E-state index contributed by atoms with van der Waals surface area (Å²) in [6, 6.07) is 2.00. The Morgan fingerprint density at radius 2 is 1.24 bits per heavy atom. The number of rotatable bonds is 0. The predicted octanol–water partition coefficient (Wildman–Crippen LogP) is 0.517. The summed E-state index contributed by atoms with van der Waals surface area (Å²) < 4.78 is 29.1. The highest BCUT2D eigenvalue weighted by Gasteiger charge is 2.06. The fourth-order valence-electron chi connectivity index (χ4n) is 1.91. The Bertz CT molecular complexity index is 397. The maximum absolute atomic E-state index is 5.57. The molecule has 0 unspecified atom stereocenters. The Morgan fingerprint density at radius 1 is 0.762 bits per heavy atom. The number of hydrogen-bond donors (Lipinski definition) is 0. The largest absolute Gasteiger partial charge is 0.377 e. The summed E-state index contributed by atoms with van der Waals surface area (Å²) in [7, 11) is 1.90. The van der Waals surface area contributed by atoms with E-state index in [1.807, 2.05) is 17.8 Å². The average Bonchev–Trinajstić information content (AvgIpc) is 2.82. The lowest BCUT2D eigenvalue weighted by Gasteiger charge is -2.08. The molecule has 2 bridgehead atoms. The first-order chi connectivity index (χ1) is 10.4. The number of nitrogens with zero attached hydrogens (tertiary/aromatic N) is 2. The fourth-order valence-corrected chi connectivity index (χ4v) is 1.91. The summed E-state index contributed by atoms with van der Waals surface area (Å²) >= 11 is 0. The summed E-state index contributed by atoms with van der Waals surface area (Å²) in [6.07, 6.45) is 0. The molecule has 0 aliphatic carbocycles. The summed E-state index contributed by atoms with van der Waals surface area (Å²) in [4.78, 5) is 0. The second kappa shape index (κ2) is 9.86. The van der Waals surface area contributed by atoms with Crippen molar-refractivity contribution in [3.63, 3.8) is 0 Å². The van der Waals surface area contributed by atoms with Gasteiger partial charge in [0, 0.05) is 7.05 Å². The minimum atomic E-state index is 0.483. The molecule has 0 amide bonds. The van der Waals surface area contributed by atoms with E-state index in [1.54, 1.807) is 0 Å². The molecule has 0 saturated carbocycles. The Morgan fingerprint density at radius 3 is 1.81 bits per heavy atom. The number of hydrogen-bond acceptors (Lipinski definition) is 6. The molecule has 7 heteroatoms. The molecule has 0 fully saturated rings. The molecule has 2 heterocycles. The third-order valence-corrected chi connectivity index (χ3v) is 3.02. The van der Waals surface area contributed by atoms with Crippen molar-refractivity contribution in [3.05, 3.63) is 17.5 Å². The van der Waals surface area contributed by atoms with Crippen LogP contribution in [0.5, 0.6) is 0 Å². The van der Waals surface area contributed by atoms with Crippen LogP contribution in [-0.2, 0) is 43.9 Å². The van der Waals surface area contributed by atoms with Gasteiger partial charge in [0.1, 0.15) is 0 Å². The lowest BCUT2D eigenvalue weighted by atomic mass is 10.4. The molecule has 1 aromatic rings. The van der Waals surface area contributed by atoms with Gasteiger partial charge in [-0.2, -0.15) is 5.10 Å². The number of aromatic nitrogens is 2. The molecule has 0 aromatic carbocycles. The van der Waals surface area contributed by atoms with Crippen molar-refractivity contribution in [1.29, 1.82) is 0 Å². The zero-order chi connectivity index (χ0) is 14.8. The van der Waals surface area contributed by atoms with Crippen molar-refractivity contribution in [3.8, 4) is 0 Å². The predicted molar refractivity (Wildman–Crippen MR) is 75.0 cm³/mol. The molecule has 1 aliphatic heterocycles. The van der Waals surface area contributed by atoms with Crippen LogP contribution in [0, 0.1) is 0 Å². The van der Waals surface area contributed by atoms with Crippen molar-refractivity contribution in [2.75, 3.05) is 52.9 Å². The molecule has 0 saturated heterocycles. The molecular formula is C14H24N2O5. The summed E-state index contributed by atoms with van der Waals surface area (Å²) in [5.41, 5.74) is 1.92. The maximum Gasteiger partial charge on any atom is 0.0907 e. The molecule has 0 radical (unpaired) electrons. The quantitative estimate of drug-likeness (QED) is 0.696. The van der Waals surface area contributed by atoms with Gasteiger partial charge in [-0.05, 0) is 6.07 Å². The highest BCUT2D eigenvalue weighted by Crippen LogP contribution is 2.06. The van der Waals surface area contributed by atoms with Gasteiger partial charge in [0.2, 0.25) is 0 Å². The van der Waals surface area contributed by atoms with Gasteiger partial charge in [0.05, 0.1) is 77.5 Å². The van der Waals surface area contributed by atoms with Crippen LogP contribution in [0.4, 0.5) is 0 Å². The average molecular weight is 300 g/mol. The van der Waals surface area contributed by atoms with Crippen molar-refractivity contribution < 1.29 is 23.7 Å². The number of ether oxygens (including phenoxy) is 5. The van der Waals surface area contributed by atoms with Crippen LogP contribution in [0.1, 0.15) is 11.4 Å². The Hall–Kier alpha value is -0.990. The van der Waals surface area contributed by atoms with Gasteiger partial charge in [-0.3, -0.25) is 4.68 Å². The summed E-state index contributed by atoms with van der Waals surface area (Å²) in [6.45, 7) is 5.52. The number of fused-ring (bicyclic) bond motifs is 2. The van der Waals surface area contributed by atoms with Crippen molar-refractivity contribution >= 4 is 0 Å². The lowest BCUT2D eigenvalue weighted by Crippen LogP contribution is -2.13. The van der Waals surface area contributed by atoms with Gasteiger partial charge in [-0.25, -0.2) is 0 Å². The highest BCUT2D eigenvalue weighted by molar-refractivity contribution is 5.08. The van der Waals surface area contributed by atoms with Crippen LogP contribution < -0.4 is 0 Å². The monoisotopic (exact) mass is 300 g/mol. The maximum atomic E-state index is 5.57. The first-order valence-corrected chi connectivity index (χ1v) is 7.27. The first-order valence-electron chi connectivity index (χ1n) is 7.27.